The Morgan fingerprint density at radius 3 is 2.55 bits per heavy atom. The highest BCUT2D eigenvalue weighted by molar-refractivity contribution is 5.60. The summed E-state index contributed by atoms with van der Waals surface area (Å²) in [4.78, 5) is 17.3. The maximum atomic E-state index is 11.1. The monoisotopic (exact) mass is 271 g/mol. The normalized spacial score (nSPS) is 15.1. The lowest BCUT2D eigenvalue weighted by atomic mass is 10.1. The minimum atomic E-state index is -0.458. The van der Waals surface area contributed by atoms with E-state index >= 15 is 0 Å². The maximum absolute atomic E-state index is 11.1. The first-order valence-corrected chi connectivity index (χ1v) is 6.85. The number of nitrogens with zero attached hydrogens (tertiary/aromatic N) is 3. The number of benzene rings is 1. The van der Waals surface area contributed by atoms with Crippen LogP contribution in [0.3, 0.4) is 0 Å². The van der Waals surface area contributed by atoms with Crippen LogP contribution in [0.5, 0.6) is 0 Å². The summed E-state index contributed by atoms with van der Waals surface area (Å²) in [7, 11) is 0. The summed E-state index contributed by atoms with van der Waals surface area (Å²) in [5.74, 6) is 0.444. The Bertz CT molecular complexity index is 616. The smallest absolute Gasteiger partial charge is 0.363 e. The molecule has 0 atom stereocenters. The van der Waals surface area contributed by atoms with E-state index in [-0.39, 0.29) is 0 Å². The van der Waals surface area contributed by atoms with Crippen LogP contribution in [0, 0.1) is 0 Å². The van der Waals surface area contributed by atoms with Gasteiger partial charge < -0.3 is 10.2 Å². The predicted octanol–water partition coefficient (Wildman–Crippen LogP) is 1.90. The Labute approximate surface area is 116 Å². The molecule has 1 saturated heterocycles. The van der Waals surface area contributed by atoms with Crippen molar-refractivity contribution in [1.29, 1.82) is 0 Å². The molecule has 2 N–H and O–H groups in total. The van der Waals surface area contributed by atoms with Gasteiger partial charge in [-0.15, -0.1) is 0 Å². The van der Waals surface area contributed by atoms with Crippen molar-refractivity contribution < 1.29 is 0 Å². The van der Waals surface area contributed by atoms with Crippen molar-refractivity contribution in [2.75, 3.05) is 23.3 Å². The number of piperidine rings is 1. The summed E-state index contributed by atoms with van der Waals surface area (Å²) >= 11 is 0. The number of anilines is 3. The molecule has 1 fully saturated rings. The van der Waals surface area contributed by atoms with Gasteiger partial charge in [-0.3, -0.25) is 0 Å². The van der Waals surface area contributed by atoms with Crippen LogP contribution in [0.4, 0.5) is 17.2 Å². The van der Waals surface area contributed by atoms with Gasteiger partial charge in [-0.25, -0.2) is 9.89 Å². The molecule has 1 aliphatic heterocycles. The number of hydrogen-bond donors (Lipinski definition) is 2. The second kappa shape index (κ2) is 5.73. The first kappa shape index (κ1) is 12.7. The summed E-state index contributed by atoms with van der Waals surface area (Å²) in [6.07, 6.45) is 5.35. The van der Waals surface area contributed by atoms with Crippen LogP contribution in [0.25, 0.3) is 0 Å². The van der Waals surface area contributed by atoms with Crippen molar-refractivity contribution in [1.82, 2.24) is 15.2 Å². The minimum Gasteiger partial charge on any atom is -0.372 e. The van der Waals surface area contributed by atoms with Crippen molar-refractivity contribution >= 4 is 17.2 Å². The van der Waals surface area contributed by atoms with E-state index in [1.54, 1.807) is 0 Å². The Balaban J connectivity index is 1.71. The molecule has 0 spiro atoms. The summed E-state index contributed by atoms with van der Waals surface area (Å²) < 4.78 is 0. The van der Waals surface area contributed by atoms with Crippen molar-refractivity contribution in [3.63, 3.8) is 0 Å². The van der Waals surface area contributed by atoms with Crippen molar-refractivity contribution in [3.05, 3.63) is 40.9 Å². The van der Waals surface area contributed by atoms with Gasteiger partial charge in [0.05, 0.1) is 6.20 Å². The van der Waals surface area contributed by atoms with E-state index in [2.05, 4.69) is 37.5 Å². The minimum absolute atomic E-state index is 0.444. The number of H-pyrrole nitrogens is 1. The molecule has 0 amide bonds. The molecule has 104 valence electrons. The number of aromatic nitrogens is 3. The first-order valence-electron chi connectivity index (χ1n) is 6.85. The zero-order valence-corrected chi connectivity index (χ0v) is 11.2. The van der Waals surface area contributed by atoms with Crippen molar-refractivity contribution in [3.8, 4) is 0 Å². The molecule has 1 aromatic carbocycles. The highest BCUT2D eigenvalue weighted by Crippen LogP contribution is 2.22. The van der Waals surface area contributed by atoms with Crippen molar-refractivity contribution in [2.24, 2.45) is 0 Å². The summed E-state index contributed by atoms with van der Waals surface area (Å²) in [5, 5.41) is 9.01. The molecular weight excluding hydrogens is 254 g/mol. The van der Waals surface area contributed by atoms with E-state index in [1.165, 1.54) is 31.1 Å². The van der Waals surface area contributed by atoms with Crippen LogP contribution in [0.2, 0.25) is 0 Å². The van der Waals surface area contributed by atoms with Crippen LogP contribution < -0.4 is 15.9 Å². The van der Waals surface area contributed by atoms with Crippen LogP contribution in [0.1, 0.15) is 19.3 Å². The molecule has 6 nitrogen and oxygen atoms in total. The van der Waals surface area contributed by atoms with Gasteiger partial charge in [-0.2, -0.15) is 10.1 Å². The molecule has 0 unspecified atom stereocenters. The molecule has 1 aliphatic rings. The predicted molar refractivity (Wildman–Crippen MR) is 78.4 cm³/mol. The Hall–Kier alpha value is -2.37. The largest absolute Gasteiger partial charge is 0.372 e. The first-order chi connectivity index (χ1) is 9.81. The average Bonchev–Trinajstić information content (AvgIpc) is 2.49. The molecule has 3 rings (SSSR count). The fraction of sp³-hybridized carbons (Fsp3) is 0.357. The maximum Gasteiger partial charge on any atom is 0.363 e. The Kier molecular flexibility index (Phi) is 3.62. The number of rotatable bonds is 3. The van der Waals surface area contributed by atoms with Gasteiger partial charge in [0, 0.05) is 24.5 Å². The van der Waals surface area contributed by atoms with Crippen LogP contribution in [0.15, 0.2) is 35.3 Å². The third kappa shape index (κ3) is 2.96. The van der Waals surface area contributed by atoms with E-state index in [9.17, 15) is 4.79 Å². The van der Waals surface area contributed by atoms with Gasteiger partial charge in [-0.05, 0) is 43.5 Å². The fourth-order valence-corrected chi connectivity index (χ4v) is 2.43. The SMILES string of the molecule is O=c1nc(Nc2ccc(N3CCCCC3)cc2)cn[nH]1. The van der Waals surface area contributed by atoms with Gasteiger partial charge in [0.2, 0.25) is 0 Å². The van der Waals surface area contributed by atoms with Gasteiger partial charge in [-0.1, -0.05) is 0 Å². The molecule has 0 radical (unpaired) electrons. The zero-order valence-electron chi connectivity index (χ0n) is 11.2. The highest BCUT2D eigenvalue weighted by atomic mass is 16.1. The third-order valence-corrected chi connectivity index (χ3v) is 3.43. The van der Waals surface area contributed by atoms with E-state index in [0.717, 1.165) is 18.8 Å². The van der Waals surface area contributed by atoms with E-state index in [0.29, 0.717) is 5.82 Å². The molecule has 1 aromatic heterocycles. The molecule has 6 heteroatoms. The lowest BCUT2D eigenvalue weighted by Gasteiger charge is -2.28. The summed E-state index contributed by atoms with van der Waals surface area (Å²) in [6.45, 7) is 2.26. The second-order valence-corrected chi connectivity index (χ2v) is 4.89. The molecular formula is C14H17N5O. The van der Waals surface area contributed by atoms with E-state index in [4.69, 9.17) is 0 Å². The molecule has 20 heavy (non-hydrogen) atoms. The van der Waals surface area contributed by atoms with Crippen molar-refractivity contribution in [2.45, 2.75) is 19.3 Å². The third-order valence-electron chi connectivity index (χ3n) is 3.43. The molecule has 0 aliphatic carbocycles. The number of hydrogen-bond acceptors (Lipinski definition) is 5. The van der Waals surface area contributed by atoms with Crippen LogP contribution >= 0.6 is 0 Å². The van der Waals surface area contributed by atoms with Crippen LogP contribution in [-0.4, -0.2) is 28.3 Å². The molecule has 2 aromatic rings. The molecule has 2 heterocycles. The Morgan fingerprint density at radius 1 is 1.10 bits per heavy atom. The fourth-order valence-electron chi connectivity index (χ4n) is 2.43. The van der Waals surface area contributed by atoms with Gasteiger partial charge in [0.15, 0.2) is 5.82 Å². The highest BCUT2D eigenvalue weighted by Gasteiger charge is 2.10. The van der Waals surface area contributed by atoms with Crippen LogP contribution in [-0.2, 0) is 0 Å². The second-order valence-electron chi connectivity index (χ2n) is 4.89. The number of nitrogens with one attached hydrogen (secondary N) is 2. The Morgan fingerprint density at radius 2 is 1.85 bits per heavy atom. The quantitative estimate of drug-likeness (QED) is 0.892. The van der Waals surface area contributed by atoms with E-state index in [1.807, 2.05) is 12.1 Å². The topological polar surface area (TPSA) is 73.9 Å². The van der Waals surface area contributed by atoms with Gasteiger partial charge in [0.1, 0.15) is 0 Å². The summed E-state index contributed by atoms with van der Waals surface area (Å²) in [5.41, 5.74) is 1.68. The van der Waals surface area contributed by atoms with Gasteiger partial charge in [0.25, 0.3) is 0 Å². The van der Waals surface area contributed by atoms with E-state index < -0.39 is 5.69 Å². The zero-order chi connectivity index (χ0) is 13.8. The lowest BCUT2D eigenvalue weighted by molar-refractivity contribution is 0.578. The summed E-state index contributed by atoms with van der Waals surface area (Å²) in [6, 6.07) is 8.17. The van der Waals surface area contributed by atoms with Gasteiger partial charge >= 0.3 is 5.69 Å². The lowest BCUT2D eigenvalue weighted by Crippen LogP contribution is -2.29. The standard InChI is InChI=1S/C14H17N5O/c20-14-17-13(10-15-18-14)16-11-4-6-12(7-5-11)19-8-2-1-3-9-19/h4-7,10H,1-3,8-9H2,(H2,16,17,18,20). The average molecular weight is 271 g/mol. The number of aromatic amines is 1. The molecule has 0 bridgehead atoms. The molecule has 0 saturated carbocycles.